The van der Waals surface area contributed by atoms with Crippen molar-refractivity contribution in [2.45, 2.75) is 27.4 Å². The molecule has 1 aromatic rings. The molecule has 1 aromatic carbocycles. The minimum atomic E-state index is -0.964. The summed E-state index contributed by atoms with van der Waals surface area (Å²) in [6.45, 7) is 5.09. The van der Waals surface area contributed by atoms with Gasteiger partial charge in [0, 0.05) is 0 Å². The zero-order valence-electron chi connectivity index (χ0n) is 10.2. The average molecular weight is 236 g/mol. The summed E-state index contributed by atoms with van der Waals surface area (Å²) in [4.78, 5) is 22.6. The summed E-state index contributed by atoms with van der Waals surface area (Å²) in [5, 5.41) is 0. The van der Waals surface area contributed by atoms with E-state index in [9.17, 15) is 9.59 Å². The monoisotopic (exact) mass is 236 g/mol. The third-order valence-electron chi connectivity index (χ3n) is 1.99. The van der Waals surface area contributed by atoms with Gasteiger partial charge >= 0.3 is 12.1 Å². The Kier molecular flexibility index (Phi) is 4.26. The fraction of sp³-hybridized carbons (Fsp3) is 0.385. The summed E-state index contributed by atoms with van der Waals surface area (Å²) in [5.41, 5.74) is 0.124. The van der Waals surface area contributed by atoms with Crippen molar-refractivity contribution in [1.29, 1.82) is 0 Å². The maximum absolute atomic E-state index is 11.4. The summed E-state index contributed by atoms with van der Waals surface area (Å²) < 4.78 is 9.35. The molecule has 92 valence electrons. The Bertz CT molecular complexity index is 390. The van der Waals surface area contributed by atoms with Gasteiger partial charge in [-0.3, -0.25) is 4.79 Å². The first-order chi connectivity index (χ1) is 7.89. The van der Waals surface area contributed by atoms with Crippen LogP contribution in [0.4, 0.5) is 4.79 Å². The number of hydrogen-bond acceptors (Lipinski definition) is 4. The van der Waals surface area contributed by atoms with Crippen LogP contribution in [0, 0.1) is 5.41 Å². The van der Waals surface area contributed by atoms with E-state index in [-0.39, 0.29) is 6.61 Å². The van der Waals surface area contributed by atoms with Crippen molar-refractivity contribution in [2.24, 2.45) is 5.41 Å². The summed E-state index contributed by atoms with van der Waals surface area (Å²) in [5.74, 6) is -0.601. The molecule has 4 nitrogen and oxygen atoms in total. The molecule has 0 bridgehead atoms. The molecule has 0 amide bonds. The molecule has 0 heterocycles. The van der Waals surface area contributed by atoms with E-state index in [0.717, 1.165) is 5.56 Å². The second-order valence-electron chi connectivity index (χ2n) is 4.66. The van der Waals surface area contributed by atoms with Gasteiger partial charge in [0.1, 0.15) is 6.61 Å². The van der Waals surface area contributed by atoms with Crippen molar-refractivity contribution in [3.8, 4) is 0 Å². The lowest BCUT2D eigenvalue weighted by molar-refractivity contribution is -0.148. The lowest BCUT2D eigenvalue weighted by Gasteiger charge is -2.14. The highest BCUT2D eigenvalue weighted by Gasteiger charge is 2.26. The summed E-state index contributed by atoms with van der Waals surface area (Å²) in [6, 6.07) is 9.18. The maximum Gasteiger partial charge on any atom is 0.516 e. The van der Waals surface area contributed by atoms with Crippen molar-refractivity contribution in [1.82, 2.24) is 0 Å². The van der Waals surface area contributed by atoms with E-state index in [1.165, 1.54) is 0 Å². The van der Waals surface area contributed by atoms with Crippen molar-refractivity contribution < 1.29 is 19.1 Å². The van der Waals surface area contributed by atoms with Crippen LogP contribution in [0.15, 0.2) is 30.3 Å². The van der Waals surface area contributed by atoms with Gasteiger partial charge in [-0.1, -0.05) is 30.3 Å². The van der Waals surface area contributed by atoms with Gasteiger partial charge < -0.3 is 9.47 Å². The van der Waals surface area contributed by atoms with Crippen LogP contribution in [-0.4, -0.2) is 12.1 Å². The van der Waals surface area contributed by atoms with Crippen molar-refractivity contribution >= 4 is 12.1 Å². The molecule has 17 heavy (non-hydrogen) atoms. The number of ether oxygens (including phenoxy) is 2. The molecule has 4 heteroatoms. The van der Waals surface area contributed by atoms with Crippen LogP contribution < -0.4 is 0 Å². The topological polar surface area (TPSA) is 52.6 Å². The van der Waals surface area contributed by atoms with E-state index in [0.29, 0.717) is 0 Å². The molecule has 0 fully saturated rings. The number of carbonyl (C=O) groups is 2. The normalized spacial score (nSPS) is 10.8. The number of esters is 1. The van der Waals surface area contributed by atoms with Crippen LogP contribution in [0.1, 0.15) is 26.3 Å². The van der Waals surface area contributed by atoms with Crippen LogP contribution >= 0.6 is 0 Å². The lowest BCUT2D eigenvalue weighted by atomic mass is 9.98. The lowest BCUT2D eigenvalue weighted by Crippen LogP contribution is -2.26. The zero-order valence-corrected chi connectivity index (χ0v) is 10.2. The summed E-state index contributed by atoms with van der Waals surface area (Å²) in [7, 11) is 0. The third kappa shape index (κ3) is 4.68. The van der Waals surface area contributed by atoms with Gasteiger partial charge in [-0.15, -0.1) is 0 Å². The van der Waals surface area contributed by atoms with E-state index in [2.05, 4.69) is 4.74 Å². The highest BCUT2D eigenvalue weighted by molar-refractivity contribution is 5.85. The molecule has 0 unspecified atom stereocenters. The van der Waals surface area contributed by atoms with Crippen LogP contribution in [-0.2, 0) is 20.9 Å². The highest BCUT2D eigenvalue weighted by Crippen LogP contribution is 2.15. The molecular weight excluding hydrogens is 220 g/mol. The van der Waals surface area contributed by atoms with Crippen molar-refractivity contribution in [3.63, 3.8) is 0 Å². The Labute approximate surface area is 101 Å². The Morgan fingerprint density at radius 3 is 2.24 bits per heavy atom. The first-order valence-electron chi connectivity index (χ1n) is 5.32. The van der Waals surface area contributed by atoms with Gasteiger partial charge in [0.25, 0.3) is 0 Å². The van der Waals surface area contributed by atoms with Gasteiger partial charge in [0.15, 0.2) is 0 Å². The van der Waals surface area contributed by atoms with Gasteiger partial charge in [0.05, 0.1) is 5.41 Å². The number of rotatable bonds is 2. The maximum atomic E-state index is 11.4. The molecule has 0 saturated carbocycles. The molecular formula is C13H16O4. The molecule has 0 saturated heterocycles. The van der Waals surface area contributed by atoms with E-state index in [1.807, 2.05) is 30.3 Å². The molecule has 0 atom stereocenters. The van der Waals surface area contributed by atoms with Gasteiger partial charge in [-0.2, -0.15) is 0 Å². The van der Waals surface area contributed by atoms with Crippen LogP contribution in [0.3, 0.4) is 0 Å². The van der Waals surface area contributed by atoms with E-state index in [1.54, 1.807) is 20.8 Å². The quantitative estimate of drug-likeness (QED) is 0.585. The number of carbonyl (C=O) groups excluding carboxylic acids is 2. The predicted molar refractivity (Wildman–Crippen MR) is 62.2 cm³/mol. The molecule has 0 aromatic heterocycles. The molecule has 1 rings (SSSR count). The minimum Gasteiger partial charge on any atom is -0.429 e. The summed E-state index contributed by atoms with van der Waals surface area (Å²) >= 11 is 0. The van der Waals surface area contributed by atoms with Crippen molar-refractivity contribution in [3.05, 3.63) is 35.9 Å². The highest BCUT2D eigenvalue weighted by atomic mass is 16.7. The fourth-order valence-corrected chi connectivity index (χ4v) is 0.975. The molecule has 0 radical (unpaired) electrons. The Morgan fingerprint density at radius 2 is 1.71 bits per heavy atom. The summed E-state index contributed by atoms with van der Waals surface area (Å²) in [6.07, 6.45) is -0.964. The first kappa shape index (κ1) is 13.2. The smallest absolute Gasteiger partial charge is 0.429 e. The fourth-order valence-electron chi connectivity index (χ4n) is 0.975. The van der Waals surface area contributed by atoms with E-state index in [4.69, 9.17) is 4.74 Å². The van der Waals surface area contributed by atoms with Crippen LogP contribution in [0.5, 0.6) is 0 Å². The molecule has 0 aliphatic carbocycles. The van der Waals surface area contributed by atoms with Crippen LogP contribution in [0.25, 0.3) is 0 Å². The Morgan fingerprint density at radius 1 is 1.12 bits per heavy atom. The predicted octanol–water partition coefficient (Wildman–Crippen LogP) is 2.91. The van der Waals surface area contributed by atoms with Gasteiger partial charge in [-0.25, -0.2) is 4.79 Å². The van der Waals surface area contributed by atoms with Gasteiger partial charge in [0.2, 0.25) is 0 Å². The Hall–Kier alpha value is -1.84. The van der Waals surface area contributed by atoms with Gasteiger partial charge in [-0.05, 0) is 26.3 Å². The number of benzene rings is 1. The second kappa shape index (κ2) is 5.48. The first-order valence-corrected chi connectivity index (χ1v) is 5.32. The standard InChI is InChI=1S/C13H16O4/c1-13(2,3)11(14)17-12(15)16-9-10-7-5-4-6-8-10/h4-8H,9H2,1-3H3. The minimum absolute atomic E-state index is 0.0943. The van der Waals surface area contributed by atoms with E-state index >= 15 is 0 Å². The molecule has 0 aliphatic heterocycles. The SMILES string of the molecule is CC(C)(C)C(=O)OC(=O)OCc1ccccc1. The van der Waals surface area contributed by atoms with Crippen LogP contribution in [0.2, 0.25) is 0 Å². The zero-order chi connectivity index (χ0) is 12.9. The van der Waals surface area contributed by atoms with E-state index < -0.39 is 17.5 Å². The molecule has 0 aliphatic rings. The third-order valence-corrected chi connectivity index (χ3v) is 1.99. The second-order valence-corrected chi connectivity index (χ2v) is 4.66. The Balaban J connectivity index is 2.39. The largest absolute Gasteiger partial charge is 0.516 e. The molecule has 0 spiro atoms. The molecule has 0 N–H and O–H groups in total. The number of hydrogen-bond donors (Lipinski definition) is 0. The average Bonchev–Trinajstić information content (AvgIpc) is 2.26. The van der Waals surface area contributed by atoms with Crippen molar-refractivity contribution in [2.75, 3.05) is 0 Å².